The monoisotopic (exact) mass is 294 g/mol. The summed E-state index contributed by atoms with van der Waals surface area (Å²) >= 11 is 0. The highest BCUT2D eigenvalue weighted by atomic mass is 19.1. The number of rotatable bonds is 3. The molecule has 21 heavy (non-hydrogen) atoms. The number of benzene rings is 1. The zero-order chi connectivity index (χ0) is 15.6. The van der Waals surface area contributed by atoms with Crippen LogP contribution in [0.2, 0.25) is 0 Å². The Hall–Kier alpha value is -1.95. The number of amides is 1. The molecular weight excluding hydrogens is 275 g/mol. The largest absolute Gasteiger partial charge is 0.478 e. The standard InChI is InChI=1S/C15H19FN2O3/c1-15(2)7-4-8-17-12(15)13(19)18-10-6-3-5-9(16)11(10)14(20)21/h3,5-6,12,17H,4,7-8H2,1-2H3,(H,18,19)(H,20,21). The van der Waals surface area contributed by atoms with Crippen LogP contribution in [0.5, 0.6) is 0 Å². The first-order chi connectivity index (χ1) is 9.83. The summed E-state index contributed by atoms with van der Waals surface area (Å²) in [5.41, 5.74) is -0.769. The van der Waals surface area contributed by atoms with Crippen LogP contribution in [0.15, 0.2) is 18.2 Å². The number of carboxylic acid groups (broad SMARTS) is 1. The lowest BCUT2D eigenvalue weighted by molar-refractivity contribution is -0.121. The summed E-state index contributed by atoms with van der Waals surface area (Å²) in [5, 5.41) is 14.7. The van der Waals surface area contributed by atoms with Crippen LogP contribution in [0.4, 0.5) is 10.1 Å². The van der Waals surface area contributed by atoms with Gasteiger partial charge in [-0.05, 0) is 36.9 Å². The Morgan fingerprint density at radius 3 is 2.76 bits per heavy atom. The second-order valence-corrected chi connectivity index (χ2v) is 5.94. The molecule has 0 radical (unpaired) electrons. The van der Waals surface area contributed by atoms with Crippen LogP contribution in [-0.2, 0) is 4.79 Å². The quantitative estimate of drug-likeness (QED) is 0.799. The number of carbonyl (C=O) groups is 2. The zero-order valence-electron chi connectivity index (χ0n) is 12.1. The van der Waals surface area contributed by atoms with Gasteiger partial charge in [0.1, 0.15) is 11.4 Å². The van der Waals surface area contributed by atoms with Crippen LogP contribution in [0.1, 0.15) is 37.0 Å². The van der Waals surface area contributed by atoms with Gasteiger partial charge in [-0.25, -0.2) is 9.18 Å². The number of hydrogen-bond acceptors (Lipinski definition) is 3. The molecule has 1 aliphatic rings. The summed E-state index contributed by atoms with van der Waals surface area (Å²) in [7, 11) is 0. The molecule has 1 unspecified atom stereocenters. The van der Waals surface area contributed by atoms with E-state index < -0.39 is 23.4 Å². The Labute approximate surface area is 122 Å². The highest BCUT2D eigenvalue weighted by molar-refractivity contribution is 6.02. The van der Waals surface area contributed by atoms with E-state index in [2.05, 4.69) is 10.6 Å². The maximum atomic E-state index is 13.6. The summed E-state index contributed by atoms with van der Waals surface area (Å²) in [5.74, 6) is -2.61. The molecule has 0 aromatic heterocycles. The molecule has 3 N–H and O–H groups in total. The molecule has 1 atom stereocenters. The first-order valence-corrected chi connectivity index (χ1v) is 6.89. The highest BCUT2D eigenvalue weighted by Gasteiger charge is 2.37. The van der Waals surface area contributed by atoms with E-state index in [-0.39, 0.29) is 17.0 Å². The minimum Gasteiger partial charge on any atom is -0.478 e. The summed E-state index contributed by atoms with van der Waals surface area (Å²) < 4.78 is 13.6. The zero-order valence-corrected chi connectivity index (χ0v) is 12.1. The molecule has 114 valence electrons. The predicted octanol–water partition coefficient (Wildman–Crippen LogP) is 2.24. The first-order valence-electron chi connectivity index (χ1n) is 6.89. The van der Waals surface area contributed by atoms with Gasteiger partial charge < -0.3 is 15.7 Å². The molecule has 1 amide bonds. The summed E-state index contributed by atoms with van der Waals surface area (Å²) in [6.45, 7) is 4.69. The molecule has 1 aromatic carbocycles. The molecule has 1 aliphatic heterocycles. The predicted molar refractivity (Wildman–Crippen MR) is 76.8 cm³/mol. The fourth-order valence-corrected chi connectivity index (χ4v) is 2.71. The van der Waals surface area contributed by atoms with Gasteiger partial charge in [0.15, 0.2) is 0 Å². The molecule has 0 bridgehead atoms. The number of carbonyl (C=O) groups excluding carboxylic acids is 1. The third kappa shape index (κ3) is 3.21. The second kappa shape index (κ2) is 5.81. The Bertz CT molecular complexity index is 572. The molecule has 0 saturated carbocycles. The first kappa shape index (κ1) is 15.4. The lowest BCUT2D eigenvalue weighted by atomic mass is 9.77. The van der Waals surface area contributed by atoms with Crippen molar-refractivity contribution in [2.24, 2.45) is 5.41 Å². The van der Waals surface area contributed by atoms with Crippen molar-refractivity contribution in [2.75, 3.05) is 11.9 Å². The van der Waals surface area contributed by atoms with E-state index in [4.69, 9.17) is 5.11 Å². The number of hydrogen-bond donors (Lipinski definition) is 3. The van der Waals surface area contributed by atoms with E-state index >= 15 is 0 Å². The summed E-state index contributed by atoms with van der Waals surface area (Å²) in [6, 6.07) is 3.38. The van der Waals surface area contributed by atoms with Crippen LogP contribution >= 0.6 is 0 Å². The third-order valence-electron chi connectivity index (χ3n) is 3.88. The topological polar surface area (TPSA) is 78.4 Å². The Morgan fingerprint density at radius 1 is 1.43 bits per heavy atom. The van der Waals surface area contributed by atoms with Gasteiger partial charge in [0, 0.05) is 0 Å². The van der Waals surface area contributed by atoms with Gasteiger partial charge in [-0.2, -0.15) is 0 Å². The Balaban J connectivity index is 2.24. The number of halogens is 1. The smallest absolute Gasteiger partial charge is 0.340 e. The van der Waals surface area contributed by atoms with Gasteiger partial charge in [-0.1, -0.05) is 19.9 Å². The van der Waals surface area contributed by atoms with Crippen molar-refractivity contribution in [1.82, 2.24) is 5.32 Å². The van der Waals surface area contributed by atoms with Crippen molar-refractivity contribution in [3.05, 3.63) is 29.6 Å². The van der Waals surface area contributed by atoms with Gasteiger partial charge in [0.2, 0.25) is 5.91 Å². The van der Waals surface area contributed by atoms with Gasteiger partial charge in [0.05, 0.1) is 11.7 Å². The number of carboxylic acids is 1. The Kier molecular flexibility index (Phi) is 4.27. The van der Waals surface area contributed by atoms with Gasteiger partial charge in [0.25, 0.3) is 0 Å². The molecule has 0 spiro atoms. The van der Waals surface area contributed by atoms with Crippen molar-refractivity contribution in [1.29, 1.82) is 0 Å². The van der Waals surface area contributed by atoms with E-state index in [0.29, 0.717) is 0 Å². The Morgan fingerprint density at radius 2 is 2.14 bits per heavy atom. The number of piperidine rings is 1. The fraction of sp³-hybridized carbons (Fsp3) is 0.467. The summed E-state index contributed by atoms with van der Waals surface area (Å²) in [4.78, 5) is 23.5. The molecule has 6 heteroatoms. The molecule has 1 saturated heterocycles. The number of anilines is 1. The minimum atomic E-state index is -1.40. The van der Waals surface area contributed by atoms with Gasteiger partial charge in [-0.3, -0.25) is 4.79 Å². The molecule has 2 rings (SSSR count). The maximum absolute atomic E-state index is 13.6. The average Bonchev–Trinajstić information content (AvgIpc) is 2.37. The van der Waals surface area contributed by atoms with Crippen molar-refractivity contribution < 1.29 is 19.1 Å². The van der Waals surface area contributed by atoms with Crippen LogP contribution in [0, 0.1) is 11.2 Å². The number of aromatic carboxylic acids is 1. The van der Waals surface area contributed by atoms with E-state index in [1.807, 2.05) is 13.8 Å². The highest BCUT2D eigenvalue weighted by Crippen LogP contribution is 2.31. The van der Waals surface area contributed by atoms with Crippen LogP contribution in [0.25, 0.3) is 0 Å². The molecule has 1 aromatic rings. The van der Waals surface area contributed by atoms with Crippen molar-refractivity contribution in [2.45, 2.75) is 32.7 Å². The average molecular weight is 294 g/mol. The van der Waals surface area contributed by atoms with E-state index in [9.17, 15) is 14.0 Å². The van der Waals surface area contributed by atoms with Crippen LogP contribution in [-0.4, -0.2) is 29.6 Å². The SMILES string of the molecule is CC1(C)CCCNC1C(=O)Nc1cccc(F)c1C(=O)O. The van der Waals surface area contributed by atoms with Crippen LogP contribution < -0.4 is 10.6 Å². The van der Waals surface area contributed by atoms with Crippen molar-refractivity contribution in [3.63, 3.8) is 0 Å². The molecule has 0 aliphatic carbocycles. The normalized spacial score (nSPS) is 20.8. The fourth-order valence-electron chi connectivity index (χ4n) is 2.71. The molecule has 5 nitrogen and oxygen atoms in total. The van der Waals surface area contributed by atoms with Gasteiger partial charge in [-0.15, -0.1) is 0 Å². The third-order valence-corrected chi connectivity index (χ3v) is 3.88. The van der Waals surface area contributed by atoms with Gasteiger partial charge >= 0.3 is 5.97 Å². The molecule has 1 heterocycles. The second-order valence-electron chi connectivity index (χ2n) is 5.94. The lowest BCUT2D eigenvalue weighted by Crippen LogP contribution is -2.53. The van der Waals surface area contributed by atoms with E-state index in [1.165, 1.54) is 12.1 Å². The summed E-state index contributed by atoms with van der Waals surface area (Å²) in [6.07, 6.45) is 1.88. The minimum absolute atomic E-state index is 0.0179. The molecular formula is C15H19FN2O3. The van der Waals surface area contributed by atoms with E-state index in [1.54, 1.807) is 0 Å². The van der Waals surface area contributed by atoms with E-state index in [0.717, 1.165) is 25.5 Å². The maximum Gasteiger partial charge on any atom is 0.340 e. The van der Waals surface area contributed by atoms with Crippen molar-refractivity contribution in [3.8, 4) is 0 Å². The van der Waals surface area contributed by atoms with Crippen molar-refractivity contribution >= 4 is 17.6 Å². The number of nitrogens with one attached hydrogen (secondary N) is 2. The molecule has 1 fully saturated rings. The van der Waals surface area contributed by atoms with Crippen LogP contribution in [0.3, 0.4) is 0 Å². The lowest BCUT2D eigenvalue weighted by Gasteiger charge is -2.38.